The second-order valence-corrected chi connectivity index (χ2v) is 5.50. The topological polar surface area (TPSA) is 34.1 Å². The summed E-state index contributed by atoms with van der Waals surface area (Å²) in [6, 6.07) is 7.35. The molecule has 4 heteroatoms. The van der Waals surface area contributed by atoms with Crippen LogP contribution in [-0.4, -0.2) is 14.7 Å². The molecule has 0 heterocycles. The van der Waals surface area contributed by atoms with E-state index in [0.717, 1.165) is 9.83 Å². The van der Waals surface area contributed by atoms with Crippen LogP contribution in [0.2, 0.25) is 0 Å². The lowest BCUT2D eigenvalue weighted by Crippen LogP contribution is -1.88. The summed E-state index contributed by atoms with van der Waals surface area (Å²) in [7, 11) is -3.20. The van der Waals surface area contributed by atoms with Crippen molar-refractivity contribution in [3.8, 4) is 11.2 Å². The average Bonchev–Trinajstić information content (AvgIpc) is 2.02. The molecule has 0 bridgehead atoms. The van der Waals surface area contributed by atoms with Gasteiger partial charge in [0.2, 0.25) is 9.84 Å². The highest BCUT2D eigenvalue weighted by atomic mass is 127. The molecule has 0 saturated heterocycles. The van der Waals surface area contributed by atoms with Crippen LogP contribution in [0.15, 0.2) is 24.3 Å². The van der Waals surface area contributed by atoms with Crippen LogP contribution < -0.4 is 0 Å². The zero-order valence-electron chi connectivity index (χ0n) is 6.91. The van der Waals surface area contributed by atoms with E-state index in [1.54, 1.807) is 12.1 Å². The Morgan fingerprint density at radius 1 is 1.23 bits per heavy atom. The van der Waals surface area contributed by atoms with Crippen LogP contribution in [-0.2, 0) is 9.84 Å². The molecule has 2 nitrogen and oxygen atoms in total. The summed E-state index contributed by atoms with van der Waals surface area (Å²) in [4.78, 5) is 0. The van der Waals surface area contributed by atoms with Crippen molar-refractivity contribution >= 4 is 32.4 Å². The molecule has 13 heavy (non-hydrogen) atoms. The van der Waals surface area contributed by atoms with Gasteiger partial charge in [-0.05, 0) is 46.9 Å². The summed E-state index contributed by atoms with van der Waals surface area (Å²) in [5.74, 6) is 2.57. The average molecular weight is 306 g/mol. The van der Waals surface area contributed by atoms with Crippen LogP contribution in [0.4, 0.5) is 0 Å². The van der Waals surface area contributed by atoms with Crippen LogP contribution in [0.25, 0.3) is 0 Å². The third-order valence-corrected chi connectivity index (χ3v) is 2.42. The molecule has 0 atom stereocenters. The first-order valence-electron chi connectivity index (χ1n) is 3.46. The van der Waals surface area contributed by atoms with Crippen molar-refractivity contribution in [3.63, 3.8) is 0 Å². The molecule has 0 amide bonds. The monoisotopic (exact) mass is 306 g/mol. The number of hydrogen-bond acceptors (Lipinski definition) is 2. The van der Waals surface area contributed by atoms with Crippen molar-refractivity contribution < 1.29 is 8.42 Å². The molecule has 1 aromatic rings. The van der Waals surface area contributed by atoms with E-state index in [9.17, 15) is 8.42 Å². The Kier molecular flexibility index (Phi) is 3.33. The fourth-order valence-corrected chi connectivity index (χ4v) is 1.35. The summed E-state index contributed by atoms with van der Waals surface area (Å²) in [5.41, 5.74) is 0.714. The Balaban J connectivity index is 2.98. The van der Waals surface area contributed by atoms with E-state index < -0.39 is 9.84 Å². The number of rotatable bonds is 0. The smallest absolute Gasteiger partial charge is 0.214 e. The maximum absolute atomic E-state index is 10.7. The molecule has 0 radical (unpaired) electrons. The van der Waals surface area contributed by atoms with E-state index in [2.05, 4.69) is 33.8 Å². The van der Waals surface area contributed by atoms with Gasteiger partial charge in [-0.25, -0.2) is 8.42 Å². The number of hydrogen-bond donors (Lipinski definition) is 0. The fraction of sp³-hybridized carbons (Fsp3) is 0.111. The largest absolute Gasteiger partial charge is 0.216 e. The molecule has 0 aliphatic rings. The van der Waals surface area contributed by atoms with Crippen molar-refractivity contribution in [1.82, 2.24) is 0 Å². The second-order valence-electron chi connectivity index (χ2n) is 2.51. The van der Waals surface area contributed by atoms with E-state index >= 15 is 0 Å². The summed E-state index contributed by atoms with van der Waals surface area (Å²) in [6.07, 6.45) is 1.09. The maximum Gasteiger partial charge on any atom is 0.214 e. The minimum atomic E-state index is -3.20. The van der Waals surface area contributed by atoms with Crippen molar-refractivity contribution in [3.05, 3.63) is 33.4 Å². The van der Waals surface area contributed by atoms with Gasteiger partial charge in [-0.1, -0.05) is 5.92 Å². The Labute approximate surface area is 91.4 Å². The molecular weight excluding hydrogens is 299 g/mol. The summed E-state index contributed by atoms with van der Waals surface area (Å²) in [5, 5.41) is 2.18. The van der Waals surface area contributed by atoms with Gasteiger partial charge in [-0.2, -0.15) is 0 Å². The molecule has 68 valence electrons. The SMILES string of the molecule is CS(=O)(=O)C#Cc1ccc(I)cc1. The first-order valence-corrected chi connectivity index (χ1v) is 6.43. The van der Waals surface area contributed by atoms with E-state index in [1.807, 2.05) is 12.1 Å². The molecule has 1 rings (SSSR count). The molecule has 0 unspecified atom stereocenters. The molecule has 1 aromatic carbocycles. The van der Waals surface area contributed by atoms with Gasteiger partial charge < -0.3 is 0 Å². The van der Waals surface area contributed by atoms with Gasteiger partial charge in [0.05, 0.1) is 6.26 Å². The highest BCUT2D eigenvalue weighted by Crippen LogP contribution is 2.05. The maximum atomic E-state index is 10.7. The van der Waals surface area contributed by atoms with Gasteiger partial charge in [0, 0.05) is 14.4 Å². The Morgan fingerprint density at radius 3 is 2.23 bits per heavy atom. The van der Waals surface area contributed by atoms with Gasteiger partial charge in [0.25, 0.3) is 0 Å². The van der Waals surface area contributed by atoms with Crippen LogP contribution in [0.5, 0.6) is 0 Å². The lowest BCUT2D eigenvalue weighted by Gasteiger charge is -1.89. The Hall–Kier alpha value is -0.540. The third-order valence-electron chi connectivity index (χ3n) is 1.22. The van der Waals surface area contributed by atoms with E-state index in [0.29, 0.717) is 5.56 Å². The molecule has 0 aliphatic heterocycles. The van der Waals surface area contributed by atoms with Crippen molar-refractivity contribution in [2.24, 2.45) is 0 Å². The zero-order chi connectivity index (χ0) is 9.90. The normalized spacial score (nSPS) is 10.3. The lowest BCUT2D eigenvalue weighted by molar-refractivity contribution is 0.611. The highest BCUT2D eigenvalue weighted by Gasteiger charge is 1.92. The predicted octanol–water partition coefficient (Wildman–Crippen LogP) is 1.64. The van der Waals surface area contributed by atoms with E-state index in [4.69, 9.17) is 0 Å². The minimum absolute atomic E-state index is 0.714. The molecule has 0 N–H and O–H groups in total. The quantitative estimate of drug-likeness (QED) is 0.539. The van der Waals surface area contributed by atoms with Gasteiger partial charge in [0.1, 0.15) is 0 Å². The summed E-state index contributed by atoms with van der Waals surface area (Å²) >= 11 is 2.17. The van der Waals surface area contributed by atoms with Crippen LogP contribution in [0.3, 0.4) is 0 Å². The number of sulfone groups is 1. The van der Waals surface area contributed by atoms with Gasteiger partial charge >= 0.3 is 0 Å². The zero-order valence-corrected chi connectivity index (χ0v) is 9.89. The lowest BCUT2D eigenvalue weighted by atomic mass is 10.2. The van der Waals surface area contributed by atoms with Gasteiger partial charge in [-0.3, -0.25) is 0 Å². The first kappa shape index (κ1) is 10.5. The van der Waals surface area contributed by atoms with Gasteiger partial charge in [0.15, 0.2) is 0 Å². The van der Waals surface area contributed by atoms with Gasteiger partial charge in [-0.15, -0.1) is 0 Å². The Bertz CT molecular complexity index is 449. The molecule has 0 aliphatic carbocycles. The molecule has 0 spiro atoms. The number of benzene rings is 1. The van der Waals surface area contributed by atoms with Crippen molar-refractivity contribution in [2.45, 2.75) is 0 Å². The molecule has 0 aromatic heterocycles. The van der Waals surface area contributed by atoms with E-state index in [-0.39, 0.29) is 0 Å². The van der Waals surface area contributed by atoms with Crippen LogP contribution >= 0.6 is 22.6 Å². The number of halogens is 1. The highest BCUT2D eigenvalue weighted by molar-refractivity contribution is 14.1. The van der Waals surface area contributed by atoms with Crippen LogP contribution in [0.1, 0.15) is 5.56 Å². The van der Waals surface area contributed by atoms with E-state index in [1.165, 1.54) is 0 Å². The third kappa shape index (κ3) is 4.29. The summed E-state index contributed by atoms with van der Waals surface area (Å²) < 4.78 is 22.5. The first-order chi connectivity index (χ1) is 5.97. The second kappa shape index (κ2) is 4.11. The molecule has 0 saturated carbocycles. The summed E-state index contributed by atoms with van der Waals surface area (Å²) in [6.45, 7) is 0. The molecular formula is C9H7IO2S. The van der Waals surface area contributed by atoms with Crippen molar-refractivity contribution in [2.75, 3.05) is 6.26 Å². The standard InChI is InChI=1S/C9H7IO2S/c1-13(11,12)7-6-8-2-4-9(10)5-3-8/h2-5H,1H3. The Morgan fingerprint density at radius 2 is 1.77 bits per heavy atom. The van der Waals surface area contributed by atoms with Crippen molar-refractivity contribution in [1.29, 1.82) is 0 Å². The minimum Gasteiger partial charge on any atom is -0.216 e. The molecule has 0 fully saturated rings. The van der Waals surface area contributed by atoms with Crippen LogP contribution in [0, 0.1) is 14.7 Å². The predicted molar refractivity (Wildman–Crippen MR) is 60.9 cm³/mol. The fourth-order valence-electron chi connectivity index (χ4n) is 0.685.